The van der Waals surface area contributed by atoms with Crippen LogP contribution in [0.5, 0.6) is 5.75 Å². The number of benzene rings is 1. The van der Waals surface area contributed by atoms with Gasteiger partial charge in [-0.3, -0.25) is 0 Å². The van der Waals surface area contributed by atoms with Crippen molar-refractivity contribution in [2.45, 2.75) is 6.92 Å². The van der Waals surface area contributed by atoms with Crippen molar-refractivity contribution < 1.29 is 14.3 Å². The minimum atomic E-state index is -0.405. The Bertz CT molecular complexity index is 564. The largest absolute Gasteiger partial charge is 0.497 e. The number of esters is 1. The van der Waals surface area contributed by atoms with Crippen molar-refractivity contribution in [1.29, 1.82) is 0 Å². The Labute approximate surface area is 112 Å². The number of methoxy groups -OCH3 is 1. The molecule has 0 radical (unpaired) electrons. The molecule has 0 N–H and O–H groups in total. The summed E-state index contributed by atoms with van der Waals surface area (Å²) in [5, 5.41) is 0. The van der Waals surface area contributed by atoms with Crippen molar-refractivity contribution in [3.05, 3.63) is 48.3 Å². The molecule has 0 unspecified atom stereocenters. The maximum absolute atomic E-state index is 11.6. The number of nitrogens with zero attached hydrogens (tertiary/aromatic N) is 1. The Morgan fingerprint density at radius 1 is 1.16 bits per heavy atom. The molecule has 1 heterocycles. The monoisotopic (exact) mass is 257 g/mol. The summed E-state index contributed by atoms with van der Waals surface area (Å²) in [4.78, 5) is 15.6. The fourth-order valence-corrected chi connectivity index (χ4v) is 1.71. The van der Waals surface area contributed by atoms with Crippen LogP contribution < -0.4 is 4.74 Å². The molecule has 0 aliphatic carbocycles. The van der Waals surface area contributed by atoms with E-state index in [0.717, 1.165) is 16.9 Å². The van der Waals surface area contributed by atoms with Crippen molar-refractivity contribution in [1.82, 2.24) is 4.98 Å². The first kappa shape index (κ1) is 13.1. The third kappa shape index (κ3) is 3.10. The van der Waals surface area contributed by atoms with Gasteiger partial charge in [-0.05, 0) is 42.3 Å². The zero-order valence-electron chi connectivity index (χ0n) is 10.9. The number of rotatable bonds is 4. The van der Waals surface area contributed by atoms with Gasteiger partial charge in [0.25, 0.3) is 0 Å². The molecule has 19 heavy (non-hydrogen) atoms. The number of ether oxygens (including phenoxy) is 2. The molecule has 4 heteroatoms. The standard InChI is InChI=1S/C15H15NO3/c1-3-19-15(17)14-10-12(8-9-16-14)11-4-6-13(18-2)7-5-11/h4-10H,3H2,1-2H3. The van der Waals surface area contributed by atoms with E-state index >= 15 is 0 Å². The molecule has 1 aromatic carbocycles. The highest BCUT2D eigenvalue weighted by molar-refractivity contribution is 5.88. The van der Waals surface area contributed by atoms with E-state index in [1.807, 2.05) is 30.3 Å². The minimum Gasteiger partial charge on any atom is -0.497 e. The summed E-state index contributed by atoms with van der Waals surface area (Å²) in [6.07, 6.45) is 1.60. The van der Waals surface area contributed by atoms with Crippen LogP contribution in [0.3, 0.4) is 0 Å². The van der Waals surface area contributed by atoms with Crippen LogP contribution in [0.2, 0.25) is 0 Å². The summed E-state index contributed by atoms with van der Waals surface area (Å²) < 4.78 is 10.0. The summed E-state index contributed by atoms with van der Waals surface area (Å²) in [5.74, 6) is 0.390. The summed E-state index contributed by atoms with van der Waals surface area (Å²) >= 11 is 0. The van der Waals surface area contributed by atoms with Crippen LogP contribution in [0, 0.1) is 0 Å². The first-order chi connectivity index (χ1) is 9.24. The van der Waals surface area contributed by atoms with E-state index in [0.29, 0.717) is 12.3 Å². The van der Waals surface area contributed by atoms with Crippen molar-refractivity contribution in [2.24, 2.45) is 0 Å². The normalized spacial score (nSPS) is 10.0. The van der Waals surface area contributed by atoms with Gasteiger partial charge in [-0.2, -0.15) is 0 Å². The first-order valence-electron chi connectivity index (χ1n) is 6.02. The van der Waals surface area contributed by atoms with Crippen LogP contribution >= 0.6 is 0 Å². The molecule has 2 rings (SSSR count). The number of hydrogen-bond acceptors (Lipinski definition) is 4. The Morgan fingerprint density at radius 2 is 1.89 bits per heavy atom. The van der Waals surface area contributed by atoms with Crippen LogP contribution in [0.15, 0.2) is 42.6 Å². The van der Waals surface area contributed by atoms with E-state index in [1.165, 1.54) is 0 Å². The lowest BCUT2D eigenvalue weighted by Gasteiger charge is -2.05. The molecule has 0 bridgehead atoms. The summed E-state index contributed by atoms with van der Waals surface area (Å²) in [5.41, 5.74) is 2.23. The van der Waals surface area contributed by atoms with Gasteiger partial charge in [0.15, 0.2) is 0 Å². The van der Waals surface area contributed by atoms with Crippen LogP contribution in [0.25, 0.3) is 11.1 Å². The molecule has 2 aromatic rings. The average molecular weight is 257 g/mol. The van der Waals surface area contributed by atoms with Gasteiger partial charge >= 0.3 is 5.97 Å². The van der Waals surface area contributed by atoms with Crippen molar-refractivity contribution >= 4 is 5.97 Å². The Balaban J connectivity index is 2.29. The van der Waals surface area contributed by atoms with Crippen LogP contribution in [0.1, 0.15) is 17.4 Å². The molecule has 0 saturated heterocycles. The van der Waals surface area contributed by atoms with Gasteiger partial charge in [0.2, 0.25) is 0 Å². The molecule has 0 saturated carbocycles. The maximum Gasteiger partial charge on any atom is 0.356 e. The fourth-order valence-electron chi connectivity index (χ4n) is 1.71. The molecule has 0 atom stereocenters. The third-order valence-corrected chi connectivity index (χ3v) is 2.67. The van der Waals surface area contributed by atoms with Crippen LogP contribution in [0.4, 0.5) is 0 Å². The zero-order valence-corrected chi connectivity index (χ0v) is 10.9. The number of carbonyl (C=O) groups is 1. The number of carbonyl (C=O) groups excluding carboxylic acids is 1. The molecule has 1 aromatic heterocycles. The average Bonchev–Trinajstić information content (AvgIpc) is 2.48. The summed E-state index contributed by atoms with van der Waals surface area (Å²) in [6.45, 7) is 2.11. The molecule has 0 aliphatic rings. The number of aromatic nitrogens is 1. The Hall–Kier alpha value is -2.36. The zero-order chi connectivity index (χ0) is 13.7. The molecule has 0 spiro atoms. The smallest absolute Gasteiger partial charge is 0.356 e. The second-order valence-electron chi connectivity index (χ2n) is 3.88. The SMILES string of the molecule is CCOC(=O)c1cc(-c2ccc(OC)cc2)ccn1. The number of hydrogen-bond donors (Lipinski definition) is 0. The highest BCUT2D eigenvalue weighted by atomic mass is 16.5. The number of pyridine rings is 1. The van der Waals surface area contributed by atoms with Gasteiger partial charge < -0.3 is 9.47 Å². The van der Waals surface area contributed by atoms with Crippen LogP contribution in [-0.4, -0.2) is 24.7 Å². The molecule has 0 fully saturated rings. The lowest BCUT2D eigenvalue weighted by Crippen LogP contribution is -2.06. The minimum absolute atomic E-state index is 0.315. The van der Waals surface area contributed by atoms with E-state index in [-0.39, 0.29) is 0 Å². The molecule has 4 nitrogen and oxygen atoms in total. The predicted molar refractivity (Wildman–Crippen MR) is 72.2 cm³/mol. The predicted octanol–water partition coefficient (Wildman–Crippen LogP) is 2.93. The maximum atomic E-state index is 11.6. The fraction of sp³-hybridized carbons (Fsp3) is 0.200. The Kier molecular flexibility index (Phi) is 4.13. The van der Waals surface area contributed by atoms with Crippen molar-refractivity contribution in [2.75, 3.05) is 13.7 Å². The topological polar surface area (TPSA) is 48.4 Å². The highest BCUT2D eigenvalue weighted by Gasteiger charge is 2.09. The van der Waals surface area contributed by atoms with E-state index in [4.69, 9.17) is 9.47 Å². The highest BCUT2D eigenvalue weighted by Crippen LogP contribution is 2.22. The van der Waals surface area contributed by atoms with Crippen molar-refractivity contribution in [3.8, 4) is 16.9 Å². The second-order valence-corrected chi connectivity index (χ2v) is 3.88. The van der Waals surface area contributed by atoms with Gasteiger partial charge in [-0.25, -0.2) is 9.78 Å². The van der Waals surface area contributed by atoms with Crippen LogP contribution in [-0.2, 0) is 4.74 Å². The molecular weight excluding hydrogens is 242 g/mol. The van der Waals surface area contributed by atoms with Gasteiger partial charge in [0, 0.05) is 6.20 Å². The molecular formula is C15H15NO3. The Morgan fingerprint density at radius 3 is 2.53 bits per heavy atom. The molecule has 0 aliphatic heterocycles. The summed E-state index contributed by atoms with van der Waals surface area (Å²) in [6, 6.07) is 11.2. The van der Waals surface area contributed by atoms with E-state index in [2.05, 4.69) is 4.98 Å². The van der Waals surface area contributed by atoms with Gasteiger partial charge in [0.05, 0.1) is 13.7 Å². The van der Waals surface area contributed by atoms with Crippen molar-refractivity contribution in [3.63, 3.8) is 0 Å². The quantitative estimate of drug-likeness (QED) is 0.790. The lowest BCUT2D eigenvalue weighted by atomic mass is 10.1. The lowest BCUT2D eigenvalue weighted by molar-refractivity contribution is 0.0519. The molecule has 98 valence electrons. The van der Waals surface area contributed by atoms with Gasteiger partial charge in [-0.1, -0.05) is 12.1 Å². The third-order valence-electron chi connectivity index (χ3n) is 2.67. The van der Waals surface area contributed by atoms with Gasteiger partial charge in [-0.15, -0.1) is 0 Å². The van der Waals surface area contributed by atoms with E-state index < -0.39 is 5.97 Å². The second kappa shape index (κ2) is 6.00. The van der Waals surface area contributed by atoms with E-state index in [9.17, 15) is 4.79 Å². The van der Waals surface area contributed by atoms with Gasteiger partial charge in [0.1, 0.15) is 11.4 Å². The van der Waals surface area contributed by atoms with E-state index in [1.54, 1.807) is 26.3 Å². The summed E-state index contributed by atoms with van der Waals surface area (Å²) in [7, 11) is 1.63. The molecule has 0 amide bonds. The first-order valence-corrected chi connectivity index (χ1v) is 6.02.